The lowest BCUT2D eigenvalue weighted by molar-refractivity contribution is 0.371. The van der Waals surface area contributed by atoms with Crippen molar-refractivity contribution in [1.82, 2.24) is 5.12 Å². The molecule has 6 N–H and O–H groups in total. The van der Waals surface area contributed by atoms with Crippen LogP contribution < -0.4 is 22.0 Å². The maximum Gasteiger partial charge on any atom is 0.152 e. The first kappa shape index (κ1) is 15.0. The van der Waals surface area contributed by atoms with Gasteiger partial charge in [-0.25, -0.2) is 11.0 Å². The van der Waals surface area contributed by atoms with Gasteiger partial charge in [0.15, 0.2) is 5.84 Å². The van der Waals surface area contributed by atoms with Crippen LogP contribution in [-0.2, 0) is 0 Å². The second-order valence-corrected chi connectivity index (χ2v) is 3.02. The van der Waals surface area contributed by atoms with E-state index in [1.54, 1.807) is 32.4 Å². The average molecular weight is 239 g/mol. The number of nitrogens with zero attached hydrogens (tertiary/aromatic N) is 2. The highest BCUT2D eigenvalue weighted by atomic mass is 16.5. The lowest BCUT2D eigenvalue weighted by atomic mass is 10.2. The fourth-order valence-corrected chi connectivity index (χ4v) is 1.12. The van der Waals surface area contributed by atoms with Crippen LogP contribution in [-0.4, -0.2) is 25.1 Å². The summed E-state index contributed by atoms with van der Waals surface area (Å²) in [6, 6.07) is 5.17. The van der Waals surface area contributed by atoms with Gasteiger partial charge in [-0.2, -0.15) is 0 Å². The van der Waals surface area contributed by atoms with E-state index in [1.807, 2.05) is 13.8 Å². The van der Waals surface area contributed by atoms with Gasteiger partial charge in [-0.3, -0.25) is 0 Å². The first-order valence-corrected chi connectivity index (χ1v) is 5.31. The molecule has 1 rings (SSSR count). The highest BCUT2D eigenvalue weighted by molar-refractivity contribution is 5.98. The van der Waals surface area contributed by atoms with E-state index in [0.29, 0.717) is 22.8 Å². The van der Waals surface area contributed by atoms with E-state index in [-0.39, 0.29) is 0 Å². The predicted molar refractivity (Wildman–Crippen MR) is 71.4 cm³/mol. The number of hydrazine groups is 1. The molecule has 0 unspecified atom stereocenters. The van der Waals surface area contributed by atoms with Gasteiger partial charge in [0.2, 0.25) is 0 Å². The molecule has 0 bridgehead atoms. The van der Waals surface area contributed by atoms with Crippen molar-refractivity contribution in [3.8, 4) is 5.75 Å². The number of ether oxygens (including phenoxy) is 1. The summed E-state index contributed by atoms with van der Waals surface area (Å²) in [5, 5.41) is 4.99. The summed E-state index contributed by atoms with van der Waals surface area (Å²) in [6.07, 6.45) is 0. The van der Waals surface area contributed by atoms with E-state index in [4.69, 9.17) is 22.0 Å². The number of methoxy groups -OCH3 is 1. The zero-order valence-corrected chi connectivity index (χ0v) is 10.8. The smallest absolute Gasteiger partial charge is 0.152 e. The van der Waals surface area contributed by atoms with Gasteiger partial charge < -0.3 is 16.2 Å². The molecule has 0 saturated heterocycles. The maximum absolute atomic E-state index is 5.72. The summed E-state index contributed by atoms with van der Waals surface area (Å²) in [5.41, 5.74) is 12.6. The Bertz CT molecular complexity index is 376. The normalized spacial score (nSPS) is 10.3. The molecule has 0 fully saturated rings. The van der Waals surface area contributed by atoms with Gasteiger partial charge in [0.25, 0.3) is 0 Å². The van der Waals surface area contributed by atoms with Gasteiger partial charge in [-0.1, -0.05) is 13.8 Å². The van der Waals surface area contributed by atoms with Gasteiger partial charge in [0.1, 0.15) is 5.75 Å². The molecule has 0 spiro atoms. The summed E-state index contributed by atoms with van der Waals surface area (Å²) in [5.74, 6) is 6.24. The van der Waals surface area contributed by atoms with E-state index in [2.05, 4.69) is 5.10 Å². The number of amidine groups is 1. The number of nitrogens with two attached hydrogens (primary N) is 3. The van der Waals surface area contributed by atoms with E-state index in [9.17, 15) is 0 Å². The molecule has 0 aliphatic rings. The van der Waals surface area contributed by atoms with Crippen molar-refractivity contribution in [3.05, 3.63) is 23.8 Å². The van der Waals surface area contributed by atoms with E-state index in [0.717, 1.165) is 5.12 Å². The fourth-order valence-electron chi connectivity index (χ4n) is 1.12. The van der Waals surface area contributed by atoms with Crippen molar-refractivity contribution in [1.29, 1.82) is 0 Å². The third-order valence-electron chi connectivity index (χ3n) is 1.79. The molecule has 0 radical (unpaired) electrons. The first-order valence-electron chi connectivity index (χ1n) is 5.31. The van der Waals surface area contributed by atoms with Crippen molar-refractivity contribution in [2.75, 3.05) is 19.9 Å². The lowest BCUT2D eigenvalue weighted by Crippen LogP contribution is -2.25. The monoisotopic (exact) mass is 239 g/mol. The molecule has 0 aliphatic heterocycles. The Balaban J connectivity index is 0.00000121. The van der Waals surface area contributed by atoms with Crippen LogP contribution in [0.5, 0.6) is 5.75 Å². The molecule has 6 heteroatoms. The summed E-state index contributed by atoms with van der Waals surface area (Å²) >= 11 is 0. The largest absolute Gasteiger partial charge is 0.495 e. The quantitative estimate of drug-likeness (QED) is 0.237. The molecule has 1 aromatic rings. The van der Waals surface area contributed by atoms with Crippen molar-refractivity contribution in [2.24, 2.45) is 16.7 Å². The third kappa shape index (κ3) is 4.60. The van der Waals surface area contributed by atoms with Gasteiger partial charge in [0, 0.05) is 12.6 Å². The van der Waals surface area contributed by atoms with Crippen molar-refractivity contribution in [3.63, 3.8) is 0 Å². The summed E-state index contributed by atoms with van der Waals surface area (Å²) in [7, 11) is 3.14. The van der Waals surface area contributed by atoms with Crippen molar-refractivity contribution < 1.29 is 4.74 Å². The molecule has 0 heterocycles. The minimum atomic E-state index is 0.300. The highest BCUT2D eigenvalue weighted by Gasteiger charge is 2.03. The number of hydrogen-bond donors (Lipinski definition) is 3. The predicted octanol–water partition coefficient (Wildman–Crippen LogP) is 0.729. The number of nitrogen functional groups attached to an aromatic ring is 1. The number of hydrogen-bond acceptors (Lipinski definition) is 5. The molecule has 96 valence electrons. The molecule has 6 nitrogen and oxygen atoms in total. The SMILES string of the molecule is CC.COc1ccc(/C(N)=N/N(C)N)cc1N. The second kappa shape index (κ2) is 7.34. The number of anilines is 1. The zero-order chi connectivity index (χ0) is 13.4. The molecule has 0 atom stereocenters. The van der Waals surface area contributed by atoms with Crippen LogP contribution in [0, 0.1) is 0 Å². The standard InChI is InChI=1S/C9H15N5O.C2H6/c1-14(12)13-9(11)6-3-4-8(15-2)7(10)5-6;1-2/h3-5H,10,12H2,1-2H3,(H2,11,13);1-2H3. The van der Waals surface area contributed by atoms with Gasteiger partial charge >= 0.3 is 0 Å². The Hall–Kier alpha value is -1.95. The van der Waals surface area contributed by atoms with E-state index < -0.39 is 0 Å². The summed E-state index contributed by atoms with van der Waals surface area (Å²) < 4.78 is 5.02. The Morgan fingerprint density at radius 3 is 2.35 bits per heavy atom. The van der Waals surface area contributed by atoms with Crippen molar-refractivity contribution >= 4 is 11.5 Å². The van der Waals surface area contributed by atoms with Crippen LogP contribution in [0.15, 0.2) is 23.3 Å². The van der Waals surface area contributed by atoms with Crippen molar-refractivity contribution in [2.45, 2.75) is 13.8 Å². The van der Waals surface area contributed by atoms with Gasteiger partial charge in [-0.05, 0) is 18.2 Å². The number of rotatable bonds is 3. The highest BCUT2D eigenvalue weighted by Crippen LogP contribution is 2.21. The molecule has 0 aromatic heterocycles. The fraction of sp³-hybridized carbons (Fsp3) is 0.364. The summed E-state index contributed by atoms with van der Waals surface area (Å²) in [4.78, 5) is 0. The Morgan fingerprint density at radius 1 is 1.35 bits per heavy atom. The van der Waals surface area contributed by atoms with Crippen LogP contribution in [0.2, 0.25) is 0 Å². The maximum atomic E-state index is 5.72. The Labute approximate surface area is 102 Å². The van der Waals surface area contributed by atoms with E-state index in [1.165, 1.54) is 0 Å². The Morgan fingerprint density at radius 2 is 1.94 bits per heavy atom. The molecular formula is C11H21N5O. The second-order valence-electron chi connectivity index (χ2n) is 3.02. The number of hydrazone groups is 1. The van der Waals surface area contributed by atoms with Gasteiger partial charge in [0.05, 0.1) is 12.8 Å². The van der Waals surface area contributed by atoms with Gasteiger partial charge in [-0.15, -0.1) is 5.10 Å². The molecule has 0 amide bonds. The minimum absolute atomic E-state index is 0.300. The topological polar surface area (TPSA) is 103 Å². The van der Waals surface area contributed by atoms with Crippen LogP contribution in [0.25, 0.3) is 0 Å². The van der Waals surface area contributed by atoms with Crippen LogP contribution in [0.1, 0.15) is 19.4 Å². The Kier molecular flexibility index (Phi) is 6.50. The lowest BCUT2D eigenvalue weighted by Gasteiger charge is -2.09. The third-order valence-corrected chi connectivity index (χ3v) is 1.79. The molecule has 17 heavy (non-hydrogen) atoms. The summed E-state index contributed by atoms with van der Waals surface area (Å²) in [6.45, 7) is 4.00. The molecule has 0 aliphatic carbocycles. The molecule has 0 saturated carbocycles. The first-order chi connectivity index (χ1) is 8.04. The zero-order valence-electron chi connectivity index (χ0n) is 10.8. The molecular weight excluding hydrogens is 218 g/mol. The van der Waals surface area contributed by atoms with E-state index >= 15 is 0 Å². The number of benzene rings is 1. The average Bonchev–Trinajstić information content (AvgIpc) is 2.30. The van der Waals surface area contributed by atoms with Crippen LogP contribution >= 0.6 is 0 Å². The minimum Gasteiger partial charge on any atom is -0.495 e. The van der Waals surface area contributed by atoms with Crippen LogP contribution in [0.4, 0.5) is 5.69 Å². The van der Waals surface area contributed by atoms with Crippen LogP contribution in [0.3, 0.4) is 0 Å². The molecule has 1 aromatic carbocycles.